The molecule has 2 aromatic carbocycles. The van der Waals surface area contributed by atoms with Crippen molar-refractivity contribution in [3.05, 3.63) is 66.1 Å². The van der Waals surface area contributed by atoms with Crippen LogP contribution < -0.4 is 19.9 Å². The van der Waals surface area contributed by atoms with E-state index in [0.717, 1.165) is 41.2 Å². The van der Waals surface area contributed by atoms with Crippen LogP contribution in [0.3, 0.4) is 0 Å². The molecular weight excluding hydrogens is 420 g/mol. The van der Waals surface area contributed by atoms with E-state index in [2.05, 4.69) is 23.8 Å². The summed E-state index contributed by atoms with van der Waals surface area (Å²) in [6.45, 7) is 5.51. The Labute approximate surface area is 194 Å². The maximum Gasteiger partial charge on any atom is 0.268 e. The van der Waals surface area contributed by atoms with Gasteiger partial charge < -0.3 is 25.4 Å². The monoisotopic (exact) mass is 450 g/mol. The van der Waals surface area contributed by atoms with Gasteiger partial charge in [-0.25, -0.2) is 4.98 Å². The predicted octanol–water partition coefficient (Wildman–Crippen LogP) is 4.51. The normalized spacial score (nSPS) is 9.91. The van der Waals surface area contributed by atoms with Crippen molar-refractivity contribution >= 4 is 12.1 Å². The Hall–Kier alpha value is -3.94. The van der Waals surface area contributed by atoms with Crippen LogP contribution in [-0.4, -0.2) is 42.4 Å². The van der Waals surface area contributed by atoms with Crippen molar-refractivity contribution in [1.82, 2.24) is 9.97 Å². The Bertz CT molecular complexity index is 1010. The smallest absolute Gasteiger partial charge is 0.268 e. The number of hydrogen-bond donors (Lipinski definition) is 2. The third kappa shape index (κ3) is 8.25. The zero-order chi connectivity index (χ0) is 24.1. The molecule has 0 saturated carbocycles. The number of nitrogens with one attached hydrogen (secondary N) is 1. The van der Waals surface area contributed by atoms with Crippen LogP contribution in [0.2, 0.25) is 0 Å². The fourth-order valence-electron chi connectivity index (χ4n) is 2.67. The Balaban J connectivity index is 0.000000234. The fourth-order valence-corrected chi connectivity index (χ4v) is 2.67. The van der Waals surface area contributed by atoms with E-state index in [1.807, 2.05) is 42.5 Å². The van der Waals surface area contributed by atoms with Gasteiger partial charge in [-0.1, -0.05) is 13.8 Å². The lowest BCUT2D eigenvalue weighted by Gasteiger charge is -2.09. The number of hydrogen-bond acceptors (Lipinski definition) is 7. The van der Waals surface area contributed by atoms with Gasteiger partial charge in [0, 0.05) is 17.8 Å². The molecule has 0 aliphatic rings. The summed E-state index contributed by atoms with van der Waals surface area (Å²) < 4.78 is 16.1. The minimum atomic E-state index is -0.590. The molecule has 0 radical (unpaired) electrons. The van der Waals surface area contributed by atoms with Crippen LogP contribution in [-0.2, 0) is 0 Å². The molecule has 8 heteroatoms. The van der Waals surface area contributed by atoms with Gasteiger partial charge in [0.1, 0.15) is 22.9 Å². The number of rotatable bonds is 10. The number of benzene rings is 2. The summed E-state index contributed by atoms with van der Waals surface area (Å²) >= 11 is 0. The first-order valence-electron chi connectivity index (χ1n) is 10.7. The molecule has 33 heavy (non-hydrogen) atoms. The first-order valence-corrected chi connectivity index (χ1v) is 10.7. The molecule has 0 unspecified atom stereocenters. The summed E-state index contributed by atoms with van der Waals surface area (Å²) in [6.07, 6.45) is 6.17. The third-order valence-electron chi connectivity index (χ3n) is 4.29. The standard InChI is InChI=1S/C13H19NO2.C12H11N3O2/c1-3-5-15-12-7-11(10-14)8-13(9-12)16-6-4-2;1-17-9-4-2-8(3-5-9)10-6-14-7-11(15-10)12(13)16/h7-10,14H,3-6H2,1-2H3;2-7H,1H3,(H2,13,16). The first-order chi connectivity index (χ1) is 16.0. The number of carbonyl (C=O) groups is 1. The Morgan fingerprint density at radius 1 is 0.970 bits per heavy atom. The molecule has 8 nitrogen and oxygen atoms in total. The molecule has 0 spiro atoms. The van der Waals surface area contributed by atoms with Gasteiger partial charge in [0.25, 0.3) is 5.91 Å². The number of amides is 1. The van der Waals surface area contributed by atoms with E-state index in [4.69, 9.17) is 25.4 Å². The highest BCUT2D eigenvalue weighted by molar-refractivity contribution is 5.90. The second-order valence-corrected chi connectivity index (χ2v) is 6.96. The van der Waals surface area contributed by atoms with Crippen molar-refractivity contribution in [2.45, 2.75) is 26.7 Å². The Morgan fingerprint density at radius 2 is 1.58 bits per heavy atom. The summed E-state index contributed by atoms with van der Waals surface area (Å²) in [5.41, 5.74) is 7.55. The molecule has 174 valence electrons. The van der Waals surface area contributed by atoms with Crippen LogP contribution in [0, 0.1) is 5.41 Å². The zero-order valence-corrected chi connectivity index (χ0v) is 19.2. The molecule has 3 N–H and O–H groups in total. The number of primary amides is 1. The number of ether oxygens (including phenoxy) is 3. The molecule has 0 fully saturated rings. The van der Waals surface area contributed by atoms with Gasteiger partial charge >= 0.3 is 0 Å². The van der Waals surface area contributed by atoms with Gasteiger partial charge in [0.2, 0.25) is 0 Å². The number of aromatic nitrogens is 2. The summed E-state index contributed by atoms with van der Waals surface area (Å²) in [5.74, 6) is 1.71. The van der Waals surface area contributed by atoms with Crippen LogP contribution in [0.4, 0.5) is 0 Å². The highest BCUT2D eigenvalue weighted by atomic mass is 16.5. The van der Waals surface area contributed by atoms with Crippen molar-refractivity contribution < 1.29 is 19.0 Å². The molecule has 0 atom stereocenters. The maximum absolute atomic E-state index is 11.0. The highest BCUT2D eigenvalue weighted by Crippen LogP contribution is 2.23. The molecule has 3 rings (SSSR count). The second-order valence-electron chi connectivity index (χ2n) is 6.96. The minimum absolute atomic E-state index is 0.151. The van der Waals surface area contributed by atoms with Gasteiger partial charge in [-0.05, 0) is 54.8 Å². The van der Waals surface area contributed by atoms with Crippen molar-refractivity contribution in [1.29, 1.82) is 5.41 Å². The third-order valence-corrected chi connectivity index (χ3v) is 4.29. The number of methoxy groups -OCH3 is 1. The van der Waals surface area contributed by atoms with Crippen molar-refractivity contribution in [3.63, 3.8) is 0 Å². The molecule has 0 saturated heterocycles. The average Bonchev–Trinajstić information content (AvgIpc) is 2.86. The van der Waals surface area contributed by atoms with Gasteiger partial charge in [0.15, 0.2) is 0 Å². The Kier molecular flexibility index (Phi) is 10.3. The predicted molar refractivity (Wildman–Crippen MR) is 128 cm³/mol. The maximum atomic E-state index is 11.0. The average molecular weight is 451 g/mol. The van der Waals surface area contributed by atoms with Crippen molar-refractivity contribution in [2.75, 3.05) is 20.3 Å². The summed E-state index contributed by atoms with van der Waals surface area (Å²) in [4.78, 5) is 19.0. The van der Waals surface area contributed by atoms with Crippen LogP contribution in [0.1, 0.15) is 42.7 Å². The topological polar surface area (TPSA) is 120 Å². The number of nitrogens with two attached hydrogens (primary N) is 1. The largest absolute Gasteiger partial charge is 0.497 e. The molecule has 0 aliphatic carbocycles. The van der Waals surface area contributed by atoms with E-state index in [1.54, 1.807) is 13.3 Å². The van der Waals surface area contributed by atoms with Crippen molar-refractivity contribution in [2.24, 2.45) is 5.73 Å². The van der Waals surface area contributed by atoms with Crippen LogP contribution in [0.15, 0.2) is 54.9 Å². The lowest BCUT2D eigenvalue weighted by Crippen LogP contribution is -2.13. The van der Waals surface area contributed by atoms with E-state index in [9.17, 15) is 4.79 Å². The van der Waals surface area contributed by atoms with E-state index in [0.29, 0.717) is 18.9 Å². The zero-order valence-electron chi connectivity index (χ0n) is 19.2. The lowest BCUT2D eigenvalue weighted by atomic mass is 10.1. The highest BCUT2D eigenvalue weighted by Gasteiger charge is 2.06. The van der Waals surface area contributed by atoms with Gasteiger partial charge in [-0.3, -0.25) is 9.78 Å². The molecule has 0 aliphatic heterocycles. The van der Waals surface area contributed by atoms with Gasteiger partial charge in [-0.15, -0.1) is 0 Å². The van der Waals surface area contributed by atoms with Crippen LogP contribution in [0.5, 0.6) is 17.2 Å². The molecule has 1 heterocycles. The number of carbonyl (C=O) groups excluding carboxylic acids is 1. The Morgan fingerprint density at radius 3 is 2.06 bits per heavy atom. The first kappa shape index (κ1) is 25.3. The quantitative estimate of drug-likeness (QED) is 0.438. The second kappa shape index (κ2) is 13.5. The van der Waals surface area contributed by atoms with Crippen molar-refractivity contribution in [3.8, 4) is 28.5 Å². The lowest BCUT2D eigenvalue weighted by molar-refractivity contribution is 0.0995. The van der Waals surface area contributed by atoms with Crippen LogP contribution in [0.25, 0.3) is 11.3 Å². The van der Waals surface area contributed by atoms with E-state index >= 15 is 0 Å². The SMILES string of the molecule is CCCOc1cc(C=N)cc(OCCC)c1.COc1ccc(-c2cncc(C(N)=O)n2)cc1. The molecule has 1 aromatic heterocycles. The molecular formula is C25H30N4O4. The molecule has 3 aromatic rings. The van der Waals surface area contributed by atoms with E-state index in [1.165, 1.54) is 12.4 Å². The summed E-state index contributed by atoms with van der Waals surface area (Å²) in [5, 5.41) is 7.26. The van der Waals surface area contributed by atoms with E-state index in [-0.39, 0.29) is 5.69 Å². The number of nitrogens with zero attached hydrogens (tertiary/aromatic N) is 2. The van der Waals surface area contributed by atoms with E-state index < -0.39 is 5.91 Å². The molecule has 0 bridgehead atoms. The van der Waals surface area contributed by atoms with Gasteiger partial charge in [0.05, 0.1) is 38.4 Å². The fraction of sp³-hybridized carbons (Fsp3) is 0.280. The minimum Gasteiger partial charge on any atom is -0.497 e. The van der Waals surface area contributed by atoms with Gasteiger partial charge in [-0.2, -0.15) is 0 Å². The summed E-state index contributed by atoms with van der Waals surface area (Å²) in [6, 6.07) is 12.9. The summed E-state index contributed by atoms with van der Waals surface area (Å²) in [7, 11) is 1.60. The molecule has 1 amide bonds. The van der Waals surface area contributed by atoms with Crippen LogP contribution >= 0.6 is 0 Å².